The number of hydrogen-bond acceptors (Lipinski definition) is 6. The summed E-state index contributed by atoms with van der Waals surface area (Å²) in [5, 5.41) is 0. The SMILES string of the molecule is CCOC(=O)/C=C1\CN(C(c2ccccc2)(c2ccccc2)c2ccccc2)CCC1OS(C)(=O)=O. The molecular weight excluding hydrogens is 474 g/mol. The lowest BCUT2D eigenvalue weighted by atomic mass is 9.74. The summed E-state index contributed by atoms with van der Waals surface area (Å²) >= 11 is 0. The van der Waals surface area contributed by atoms with Crippen LogP contribution in [0, 0.1) is 0 Å². The predicted molar refractivity (Wildman–Crippen MR) is 140 cm³/mol. The van der Waals surface area contributed by atoms with Gasteiger partial charge in [0.1, 0.15) is 6.10 Å². The highest BCUT2D eigenvalue weighted by molar-refractivity contribution is 7.86. The van der Waals surface area contributed by atoms with Gasteiger partial charge < -0.3 is 4.74 Å². The molecule has 1 unspecified atom stereocenters. The number of carbonyl (C=O) groups is 1. The van der Waals surface area contributed by atoms with Gasteiger partial charge in [0, 0.05) is 19.2 Å². The van der Waals surface area contributed by atoms with Gasteiger partial charge in [-0.3, -0.25) is 9.08 Å². The summed E-state index contributed by atoms with van der Waals surface area (Å²) in [7, 11) is -3.73. The topological polar surface area (TPSA) is 72.9 Å². The molecule has 3 aromatic carbocycles. The number of rotatable bonds is 8. The summed E-state index contributed by atoms with van der Waals surface area (Å²) in [6, 6.07) is 30.7. The molecule has 1 atom stereocenters. The zero-order chi connectivity index (χ0) is 25.6. The maximum atomic E-state index is 12.5. The number of ether oxygens (including phenoxy) is 1. The number of esters is 1. The molecule has 1 saturated heterocycles. The van der Waals surface area contributed by atoms with E-state index in [1.165, 1.54) is 6.08 Å². The molecule has 1 heterocycles. The molecule has 1 aliphatic rings. The molecule has 0 amide bonds. The van der Waals surface area contributed by atoms with Crippen molar-refractivity contribution >= 4 is 16.1 Å². The van der Waals surface area contributed by atoms with Crippen molar-refractivity contribution in [3.05, 3.63) is 119 Å². The van der Waals surface area contributed by atoms with Gasteiger partial charge >= 0.3 is 5.97 Å². The summed E-state index contributed by atoms with van der Waals surface area (Å²) in [6.07, 6.45) is 2.08. The van der Waals surface area contributed by atoms with Crippen LogP contribution in [0.4, 0.5) is 0 Å². The number of nitrogens with zero attached hydrogens (tertiary/aromatic N) is 1. The van der Waals surface area contributed by atoms with E-state index in [1.54, 1.807) is 6.92 Å². The molecule has 36 heavy (non-hydrogen) atoms. The number of hydrogen-bond donors (Lipinski definition) is 0. The van der Waals surface area contributed by atoms with Gasteiger partial charge in [-0.05, 0) is 35.6 Å². The van der Waals surface area contributed by atoms with Crippen molar-refractivity contribution in [2.75, 3.05) is 26.0 Å². The van der Waals surface area contributed by atoms with Gasteiger partial charge in [-0.25, -0.2) is 4.79 Å². The second kappa shape index (κ2) is 11.2. The fourth-order valence-corrected chi connectivity index (χ4v) is 5.67. The average Bonchev–Trinajstić information content (AvgIpc) is 2.87. The average molecular weight is 506 g/mol. The smallest absolute Gasteiger partial charge is 0.330 e. The zero-order valence-corrected chi connectivity index (χ0v) is 21.4. The van der Waals surface area contributed by atoms with Crippen LogP contribution in [0.15, 0.2) is 103 Å². The van der Waals surface area contributed by atoms with E-state index in [1.807, 2.05) is 54.6 Å². The van der Waals surface area contributed by atoms with E-state index in [0.717, 1.165) is 22.9 Å². The Hall–Kier alpha value is -3.26. The normalized spacial score (nSPS) is 18.2. The second-order valence-corrected chi connectivity index (χ2v) is 10.4. The first-order valence-electron chi connectivity index (χ1n) is 12.0. The fourth-order valence-electron chi connectivity index (χ4n) is 5.03. The third-order valence-electron chi connectivity index (χ3n) is 6.38. The Kier molecular flexibility index (Phi) is 8.04. The van der Waals surface area contributed by atoms with Gasteiger partial charge in [-0.2, -0.15) is 8.42 Å². The Morgan fingerprint density at radius 3 is 1.81 bits per heavy atom. The molecule has 0 saturated carbocycles. The van der Waals surface area contributed by atoms with Crippen LogP contribution in [0.3, 0.4) is 0 Å². The standard InChI is InChI=1S/C29H31NO5S/c1-3-34-28(31)21-23-22-30(20-19-27(23)35-36(2,32)33)29(24-13-7-4-8-14-24,25-15-9-5-10-16-25)26-17-11-6-12-18-26/h4-18,21,27H,3,19-20,22H2,1-2H3/b23-21+. The summed E-state index contributed by atoms with van der Waals surface area (Å²) in [5.41, 5.74) is 3.09. The van der Waals surface area contributed by atoms with E-state index in [-0.39, 0.29) is 6.61 Å². The van der Waals surface area contributed by atoms with Crippen LogP contribution in [0.1, 0.15) is 30.0 Å². The van der Waals surface area contributed by atoms with Crippen LogP contribution < -0.4 is 0 Å². The number of benzene rings is 3. The predicted octanol–water partition coefficient (Wildman–Crippen LogP) is 4.52. The molecule has 4 rings (SSSR count). The van der Waals surface area contributed by atoms with E-state index in [2.05, 4.69) is 41.3 Å². The quantitative estimate of drug-likeness (QED) is 0.194. The monoisotopic (exact) mass is 505 g/mol. The Labute approximate surface area is 213 Å². The lowest BCUT2D eigenvalue weighted by Crippen LogP contribution is -2.53. The first-order valence-corrected chi connectivity index (χ1v) is 13.8. The molecule has 7 heteroatoms. The molecule has 3 aromatic rings. The van der Waals surface area contributed by atoms with Gasteiger partial charge in [0.15, 0.2) is 0 Å². The summed E-state index contributed by atoms with van der Waals surface area (Å²) in [5.74, 6) is -0.513. The molecule has 188 valence electrons. The molecule has 1 fully saturated rings. The fraction of sp³-hybridized carbons (Fsp3) is 0.276. The summed E-state index contributed by atoms with van der Waals surface area (Å²) in [6.45, 7) is 2.82. The maximum Gasteiger partial charge on any atom is 0.330 e. The largest absolute Gasteiger partial charge is 0.463 e. The molecule has 0 aliphatic carbocycles. The van der Waals surface area contributed by atoms with E-state index in [0.29, 0.717) is 25.1 Å². The minimum absolute atomic E-state index is 0.228. The maximum absolute atomic E-state index is 12.5. The van der Waals surface area contributed by atoms with Gasteiger partial charge in [0.2, 0.25) is 0 Å². The summed E-state index contributed by atoms with van der Waals surface area (Å²) < 4.78 is 34.6. The zero-order valence-electron chi connectivity index (χ0n) is 20.5. The molecule has 0 bridgehead atoms. The molecular formula is C29H31NO5S. The molecule has 0 spiro atoms. The molecule has 0 aromatic heterocycles. The van der Waals surface area contributed by atoms with Gasteiger partial charge in [-0.1, -0.05) is 91.0 Å². The second-order valence-electron chi connectivity index (χ2n) is 8.78. The van der Waals surface area contributed by atoms with E-state index >= 15 is 0 Å². The molecule has 6 nitrogen and oxygen atoms in total. The van der Waals surface area contributed by atoms with Crippen molar-refractivity contribution in [1.29, 1.82) is 0 Å². The molecule has 0 N–H and O–H groups in total. The highest BCUT2D eigenvalue weighted by Crippen LogP contribution is 2.44. The lowest BCUT2D eigenvalue weighted by Gasteiger charge is -2.48. The first-order chi connectivity index (χ1) is 17.3. The van der Waals surface area contributed by atoms with Crippen molar-refractivity contribution < 1.29 is 22.1 Å². The van der Waals surface area contributed by atoms with Crippen LogP contribution in [-0.2, 0) is 29.4 Å². The van der Waals surface area contributed by atoms with E-state index < -0.39 is 27.7 Å². The Bertz CT molecular complexity index is 1190. The van der Waals surface area contributed by atoms with Gasteiger partial charge in [-0.15, -0.1) is 0 Å². The van der Waals surface area contributed by atoms with Crippen LogP contribution in [0.25, 0.3) is 0 Å². The third kappa shape index (κ3) is 5.59. The first kappa shape index (κ1) is 25.8. The molecule has 0 radical (unpaired) electrons. The van der Waals surface area contributed by atoms with E-state index in [9.17, 15) is 13.2 Å². The van der Waals surface area contributed by atoms with Crippen molar-refractivity contribution in [3.63, 3.8) is 0 Å². The minimum Gasteiger partial charge on any atom is -0.463 e. The van der Waals surface area contributed by atoms with Crippen molar-refractivity contribution in [3.8, 4) is 0 Å². The van der Waals surface area contributed by atoms with Crippen LogP contribution in [0.5, 0.6) is 0 Å². The highest BCUT2D eigenvalue weighted by Gasteiger charge is 2.45. The van der Waals surface area contributed by atoms with Crippen molar-refractivity contribution in [1.82, 2.24) is 4.90 Å². The Morgan fingerprint density at radius 1 is 0.917 bits per heavy atom. The lowest BCUT2D eigenvalue weighted by molar-refractivity contribution is -0.137. The Morgan fingerprint density at radius 2 is 1.39 bits per heavy atom. The van der Waals surface area contributed by atoms with Crippen LogP contribution in [0.2, 0.25) is 0 Å². The third-order valence-corrected chi connectivity index (χ3v) is 6.96. The van der Waals surface area contributed by atoms with Gasteiger partial charge in [0.25, 0.3) is 10.1 Å². The number of piperidine rings is 1. The van der Waals surface area contributed by atoms with Gasteiger partial charge in [0.05, 0.1) is 18.4 Å². The highest BCUT2D eigenvalue weighted by atomic mass is 32.2. The number of likely N-dealkylation sites (tertiary alicyclic amines) is 1. The molecule has 1 aliphatic heterocycles. The number of carbonyl (C=O) groups excluding carboxylic acids is 1. The van der Waals surface area contributed by atoms with Crippen molar-refractivity contribution in [2.24, 2.45) is 0 Å². The van der Waals surface area contributed by atoms with E-state index in [4.69, 9.17) is 8.92 Å². The van der Waals surface area contributed by atoms with Crippen LogP contribution >= 0.6 is 0 Å². The minimum atomic E-state index is -3.73. The van der Waals surface area contributed by atoms with Crippen LogP contribution in [-0.4, -0.2) is 51.3 Å². The Balaban J connectivity index is 1.90. The summed E-state index contributed by atoms with van der Waals surface area (Å²) in [4.78, 5) is 14.8. The van der Waals surface area contributed by atoms with Crippen molar-refractivity contribution in [2.45, 2.75) is 25.0 Å².